The number of ether oxygens (including phenoxy) is 3. The third-order valence-electron chi connectivity index (χ3n) is 12.2. The summed E-state index contributed by atoms with van der Waals surface area (Å²) >= 11 is 0. The molecule has 0 aromatic rings. The molecule has 382 valence electrons. The molecule has 0 aliphatic heterocycles. The van der Waals surface area contributed by atoms with Gasteiger partial charge in [-0.05, 0) is 109 Å². The van der Waals surface area contributed by atoms with Gasteiger partial charge in [-0.1, -0.05) is 229 Å². The Labute approximate surface area is 410 Å². The van der Waals surface area contributed by atoms with Gasteiger partial charge in [0, 0.05) is 19.4 Å². The van der Waals surface area contributed by atoms with Crippen LogP contribution in [0, 0.1) is 0 Å². The molecule has 0 bridgehead atoms. The molecule has 0 heterocycles. The molecule has 0 aliphatic rings. The van der Waals surface area contributed by atoms with Crippen LogP contribution in [0.15, 0.2) is 72.9 Å². The minimum atomic E-state index is -0.551. The molecule has 0 amide bonds. The first-order valence-corrected chi connectivity index (χ1v) is 28.5. The highest BCUT2D eigenvalue weighted by Gasteiger charge is 2.17. The number of carbonyl (C=O) groups excluding carboxylic acids is 2. The second-order valence-corrected chi connectivity index (χ2v) is 18.8. The van der Waals surface area contributed by atoms with Crippen molar-refractivity contribution in [2.24, 2.45) is 0 Å². The zero-order valence-corrected chi connectivity index (χ0v) is 44.0. The largest absolute Gasteiger partial charge is 0.462 e. The Balaban J connectivity index is 4.31. The van der Waals surface area contributed by atoms with Crippen molar-refractivity contribution >= 4 is 11.9 Å². The highest BCUT2D eigenvalue weighted by Crippen LogP contribution is 2.15. The van der Waals surface area contributed by atoms with E-state index in [1.165, 1.54) is 161 Å². The van der Waals surface area contributed by atoms with Crippen LogP contribution >= 0.6 is 0 Å². The molecule has 1 atom stereocenters. The summed E-state index contributed by atoms with van der Waals surface area (Å²) in [7, 11) is 0. The van der Waals surface area contributed by atoms with E-state index in [9.17, 15) is 9.59 Å². The van der Waals surface area contributed by atoms with Crippen LogP contribution in [0.25, 0.3) is 0 Å². The molecule has 1 unspecified atom stereocenters. The number of rotatable bonds is 52. The fourth-order valence-corrected chi connectivity index (χ4v) is 7.96. The van der Waals surface area contributed by atoms with Crippen molar-refractivity contribution in [3.05, 3.63) is 72.9 Å². The molecule has 0 spiro atoms. The average molecular weight is 922 g/mol. The van der Waals surface area contributed by atoms with Crippen molar-refractivity contribution in [2.45, 2.75) is 284 Å². The summed E-state index contributed by atoms with van der Waals surface area (Å²) in [6, 6.07) is 0. The topological polar surface area (TPSA) is 61.8 Å². The maximum atomic E-state index is 12.9. The number of allylic oxidation sites excluding steroid dienone is 12. The maximum Gasteiger partial charge on any atom is 0.306 e. The number of hydrogen-bond acceptors (Lipinski definition) is 5. The minimum absolute atomic E-state index is 0.0730. The predicted molar refractivity (Wildman–Crippen MR) is 288 cm³/mol. The Hall–Kier alpha value is -2.66. The Morgan fingerprint density at radius 2 is 0.682 bits per heavy atom. The summed E-state index contributed by atoms with van der Waals surface area (Å²) in [6.07, 6.45) is 73.4. The molecule has 5 heteroatoms. The summed E-state index contributed by atoms with van der Waals surface area (Å²) in [4.78, 5) is 25.5. The third kappa shape index (κ3) is 54.0. The number of carbonyl (C=O) groups is 2. The quantitative estimate of drug-likeness (QED) is 0.0346. The van der Waals surface area contributed by atoms with E-state index in [2.05, 4.69) is 93.7 Å². The summed E-state index contributed by atoms with van der Waals surface area (Å²) in [5, 5.41) is 0. The van der Waals surface area contributed by atoms with Crippen LogP contribution in [-0.2, 0) is 23.8 Å². The smallest absolute Gasteiger partial charge is 0.306 e. The Morgan fingerprint density at radius 3 is 1.14 bits per heavy atom. The lowest BCUT2D eigenvalue weighted by Crippen LogP contribution is -2.30. The van der Waals surface area contributed by atoms with Crippen LogP contribution in [0.1, 0.15) is 278 Å². The highest BCUT2D eigenvalue weighted by atomic mass is 16.6. The number of hydrogen-bond donors (Lipinski definition) is 0. The van der Waals surface area contributed by atoms with Crippen LogP contribution in [0.3, 0.4) is 0 Å². The lowest BCUT2D eigenvalue weighted by atomic mass is 10.1. The lowest BCUT2D eigenvalue weighted by Gasteiger charge is -2.18. The second-order valence-electron chi connectivity index (χ2n) is 18.8. The molecule has 0 fully saturated rings. The monoisotopic (exact) mass is 921 g/mol. The Bertz CT molecular complexity index is 1180. The van der Waals surface area contributed by atoms with Crippen molar-refractivity contribution in [3.8, 4) is 0 Å². The van der Waals surface area contributed by atoms with Gasteiger partial charge in [-0.25, -0.2) is 0 Å². The molecule has 0 aliphatic carbocycles. The summed E-state index contributed by atoms with van der Waals surface area (Å²) in [6.45, 7) is 7.68. The zero-order chi connectivity index (χ0) is 47.7. The number of unbranched alkanes of at least 4 members (excludes halogenated alkanes) is 29. The van der Waals surface area contributed by atoms with E-state index in [1.54, 1.807) is 0 Å². The van der Waals surface area contributed by atoms with E-state index in [1.807, 2.05) is 0 Å². The van der Waals surface area contributed by atoms with E-state index in [0.717, 1.165) is 83.5 Å². The van der Waals surface area contributed by atoms with Gasteiger partial charge in [0.2, 0.25) is 0 Å². The van der Waals surface area contributed by atoms with Crippen LogP contribution in [0.2, 0.25) is 0 Å². The standard InChI is InChI=1S/C61H108O5/c1-4-7-10-13-16-19-22-25-28-31-33-36-39-42-45-48-51-54-60(62)65-58-59(57-64-56-53-50-47-44-41-38-35-30-27-24-21-18-15-12-9-6-3)66-61(63)55-52-49-46-43-40-37-34-32-29-26-23-20-17-14-11-8-5-2/h9,12,16,18-19,21,25-30,59H,4-8,10-11,13-15,17,20,22-24,31-58H2,1-3H3/b12-9-,19-16-,21-18-,28-25-,29-26-,30-27-. The summed E-state index contributed by atoms with van der Waals surface area (Å²) in [5.41, 5.74) is 0. The molecular weight excluding hydrogens is 813 g/mol. The van der Waals surface area contributed by atoms with Gasteiger partial charge >= 0.3 is 11.9 Å². The third-order valence-corrected chi connectivity index (χ3v) is 12.2. The van der Waals surface area contributed by atoms with Crippen molar-refractivity contribution in [1.82, 2.24) is 0 Å². The van der Waals surface area contributed by atoms with Gasteiger partial charge in [-0.15, -0.1) is 0 Å². The molecule has 0 saturated carbocycles. The van der Waals surface area contributed by atoms with Crippen molar-refractivity contribution in [2.75, 3.05) is 19.8 Å². The first kappa shape index (κ1) is 63.3. The summed E-state index contributed by atoms with van der Waals surface area (Å²) < 4.78 is 17.5. The first-order chi connectivity index (χ1) is 32.6. The summed E-state index contributed by atoms with van der Waals surface area (Å²) in [5.74, 6) is -0.412. The van der Waals surface area contributed by atoms with Crippen molar-refractivity contribution < 1.29 is 23.8 Å². The number of esters is 2. The normalized spacial score (nSPS) is 12.7. The van der Waals surface area contributed by atoms with E-state index in [-0.39, 0.29) is 25.2 Å². The van der Waals surface area contributed by atoms with Crippen molar-refractivity contribution in [3.63, 3.8) is 0 Å². The van der Waals surface area contributed by atoms with Crippen LogP contribution in [-0.4, -0.2) is 37.9 Å². The van der Waals surface area contributed by atoms with Gasteiger partial charge in [0.25, 0.3) is 0 Å². The van der Waals surface area contributed by atoms with E-state index in [0.29, 0.717) is 19.4 Å². The van der Waals surface area contributed by atoms with E-state index < -0.39 is 6.10 Å². The molecule has 0 N–H and O–H groups in total. The molecule has 0 rings (SSSR count). The van der Waals surface area contributed by atoms with Crippen LogP contribution in [0.4, 0.5) is 0 Å². The van der Waals surface area contributed by atoms with Crippen LogP contribution in [0.5, 0.6) is 0 Å². The van der Waals surface area contributed by atoms with Gasteiger partial charge in [0.05, 0.1) is 6.61 Å². The Kier molecular flexibility index (Phi) is 54.4. The first-order valence-electron chi connectivity index (χ1n) is 28.5. The van der Waals surface area contributed by atoms with Gasteiger partial charge in [0.1, 0.15) is 6.61 Å². The van der Waals surface area contributed by atoms with Gasteiger partial charge in [-0.2, -0.15) is 0 Å². The van der Waals surface area contributed by atoms with Gasteiger partial charge in [0.15, 0.2) is 6.10 Å². The SMILES string of the molecule is CC/C=C\C/C=C\C/C=C\CCCCCCCCOCC(COC(=O)CCCCCCCCC/C=C\C/C=C\CCCCC)OC(=O)CCCCCCCCC/C=C\CCCCCCCC. The predicted octanol–water partition coefficient (Wildman–Crippen LogP) is 19.5. The minimum Gasteiger partial charge on any atom is -0.462 e. The molecule has 0 aromatic carbocycles. The lowest BCUT2D eigenvalue weighted by molar-refractivity contribution is -0.163. The zero-order valence-electron chi connectivity index (χ0n) is 44.0. The molecule has 5 nitrogen and oxygen atoms in total. The maximum absolute atomic E-state index is 12.9. The molecule has 66 heavy (non-hydrogen) atoms. The second kappa shape index (κ2) is 56.7. The molecular formula is C61H108O5. The van der Waals surface area contributed by atoms with Gasteiger partial charge in [-0.3, -0.25) is 9.59 Å². The molecule has 0 saturated heterocycles. The Morgan fingerprint density at radius 1 is 0.348 bits per heavy atom. The van der Waals surface area contributed by atoms with Gasteiger partial charge < -0.3 is 14.2 Å². The van der Waals surface area contributed by atoms with E-state index >= 15 is 0 Å². The van der Waals surface area contributed by atoms with Crippen molar-refractivity contribution in [1.29, 1.82) is 0 Å². The van der Waals surface area contributed by atoms with Crippen LogP contribution < -0.4 is 0 Å². The van der Waals surface area contributed by atoms with E-state index in [4.69, 9.17) is 14.2 Å². The average Bonchev–Trinajstić information content (AvgIpc) is 3.32. The molecule has 0 radical (unpaired) electrons. The fourth-order valence-electron chi connectivity index (χ4n) is 7.96. The highest BCUT2D eigenvalue weighted by molar-refractivity contribution is 5.70. The fraction of sp³-hybridized carbons (Fsp3) is 0.770. The molecule has 0 aromatic heterocycles.